The molecular weight excluding hydrogens is 473 g/mol. The van der Waals surface area contributed by atoms with Gasteiger partial charge >= 0.3 is 5.97 Å². The molecule has 37 heavy (non-hydrogen) atoms. The molecule has 0 aromatic heterocycles. The summed E-state index contributed by atoms with van der Waals surface area (Å²) in [5, 5.41) is 11.9. The van der Waals surface area contributed by atoms with Gasteiger partial charge in [-0.2, -0.15) is 0 Å². The van der Waals surface area contributed by atoms with Crippen LogP contribution in [0.1, 0.15) is 30.4 Å². The number of hydrogen-bond acceptors (Lipinski definition) is 5. The minimum absolute atomic E-state index is 0.251. The van der Waals surface area contributed by atoms with Crippen molar-refractivity contribution in [2.75, 3.05) is 32.8 Å². The van der Waals surface area contributed by atoms with E-state index in [9.17, 15) is 14.3 Å². The molecule has 6 nitrogen and oxygen atoms in total. The molecule has 0 amide bonds. The molecule has 1 atom stereocenters. The summed E-state index contributed by atoms with van der Waals surface area (Å²) in [6.45, 7) is 4.32. The SMILES string of the molecule is O=C(OC1C[N+]2(CCCOc3ccc(F)cc3)CCC1CC2)C1(O)c2ccccc2Oc2ccccc21. The number of rotatable bonds is 7. The zero-order valence-corrected chi connectivity index (χ0v) is 20.6. The maximum atomic E-state index is 13.8. The summed E-state index contributed by atoms with van der Waals surface area (Å²) in [5.41, 5.74) is -1.12. The summed E-state index contributed by atoms with van der Waals surface area (Å²) in [6.07, 6.45) is 2.58. The first-order valence-corrected chi connectivity index (χ1v) is 13.0. The van der Waals surface area contributed by atoms with Gasteiger partial charge in [-0.1, -0.05) is 36.4 Å². The van der Waals surface area contributed by atoms with Gasteiger partial charge < -0.3 is 23.8 Å². The lowest BCUT2D eigenvalue weighted by Gasteiger charge is -2.52. The molecule has 7 heteroatoms. The molecule has 3 saturated heterocycles. The van der Waals surface area contributed by atoms with E-state index in [0.717, 1.165) is 49.9 Å². The van der Waals surface area contributed by atoms with E-state index >= 15 is 0 Å². The number of carbonyl (C=O) groups excluding carboxylic acids is 1. The second-order valence-corrected chi connectivity index (χ2v) is 10.4. The highest BCUT2D eigenvalue weighted by Gasteiger charge is 2.52. The van der Waals surface area contributed by atoms with E-state index in [4.69, 9.17) is 14.2 Å². The third-order valence-corrected chi connectivity index (χ3v) is 8.23. The number of para-hydroxylation sites is 2. The minimum Gasteiger partial charge on any atom is -0.493 e. The third kappa shape index (κ3) is 4.36. The summed E-state index contributed by atoms with van der Waals surface area (Å²) in [4.78, 5) is 13.8. The molecule has 1 unspecified atom stereocenters. The highest BCUT2D eigenvalue weighted by Crippen LogP contribution is 2.48. The van der Waals surface area contributed by atoms with Crippen molar-refractivity contribution in [1.82, 2.24) is 0 Å². The summed E-state index contributed by atoms with van der Waals surface area (Å²) < 4.78 is 31.9. The van der Waals surface area contributed by atoms with Gasteiger partial charge in [0.2, 0.25) is 5.60 Å². The van der Waals surface area contributed by atoms with E-state index in [1.165, 1.54) is 12.1 Å². The molecule has 3 aromatic carbocycles. The van der Waals surface area contributed by atoms with Gasteiger partial charge in [-0.15, -0.1) is 0 Å². The third-order valence-electron chi connectivity index (χ3n) is 8.23. The fourth-order valence-corrected chi connectivity index (χ4v) is 6.21. The van der Waals surface area contributed by atoms with Gasteiger partial charge in [-0.05, 0) is 36.4 Å². The number of fused-ring (bicyclic) bond motifs is 5. The molecule has 4 aliphatic rings. The lowest BCUT2D eigenvalue weighted by Crippen LogP contribution is -2.65. The van der Waals surface area contributed by atoms with Gasteiger partial charge in [0.1, 0.15) is 29.6 Å². The van der Waals surface area contributed by atoms with E-state index in [1.54, 1.807) is 48.5 Å². The van der Waals surface area contributed by atoms with Crippen molar-refractivity contribution in [3.8, 4) is 17.2 Å². The predicted octanol–water partition coefficient (Wildman–Crippen LogP) is 4.79. The van der Waals surface area contributed by atoms with Crippen LogP contribution >= 0.6 is 0 Å². The summed E-state index contributed by atoms with van der Waals surface area (Å²) >= 11 is 0. The second kappa shape index (κ2) is 9.47. The Bertz CT molecular complexity index is 1240. The van der Waals surface area contributed by atoms with E-state index in [1.807, 2.05) is 12.1 Å². The largest absolute Gasteiger partial charge is 0.493 e. The normalized spacial score (nSPS) is 24.9. The van der Waals surface area contributed by atoms with Gasteiger partial charge in [0.25, 0.3) is 0 Å². The van der Waals surface area contributed by atoms with Crippen molar-refractivity contribution in [1.29, 1.82) is 0 Å². The molecule has 3 fully saturated rings. The number of quaternary nitrogens is 1. The van der Waals surface area contributed by atoms with Gasteiger partial charge in [0, 0.05) is 36.3 Å². The fourth-order valence-electron chi connectivity index (χ4n) is 6.21. The number of nitrogens with zero attached hydrogens (tertiary/aromatic N) is 1. The van der Waals surface area contributed by atoms with Crippen LogP contribution in [0.15, 0.2) is 72.8 Å². The zero-order valence-electron chi connectivity index (χ0n) is 20.6. The van der Waals surface area contributed by atoms with Crippen LogP contribution in [0.25, 0.3) is 0 Å². The van der Waals surface area contributed by atoms with Crippen molar-refractivity contribution in [2.24, 2.45) is 5.92 Å². The monoisotopic (exact) mass is 504 g/mol. The highest BCUT2D eigenvalue weighted by molar-refractivity contribution is 5.88. The van der Waals surface area contributed by atoms with Gasteiger partial charge in [0.15, 0.2) is 6.10 Å². The summed E-state index contributed by atoms with van der Waals surface area (Å²) in [6, 6.07) is 20.2. The Balaban J connectivity index is 1.15. The quantitative estimate of drug-likeness (QED) is 0.285. The number of halogens is 1. The number of carbonyl (C=O) groups is 1. The topological polar surface area (TPSA) is 65.0 Å². The molecule has 0 aliphatic carbocycles. The zero-order chi connectivity index (χ0) is 25.5. The number of piperidine rings is 3. The standard InChI is InChI=1S/C30H31FNO5/c31-22-10-12-23(13-11-22)35-19-5-16-32-17-14-21(15-18-32)28(20-32)37-29(33)30(34)24-6-1-3-8-26(24)36-27-9-4-2-7-25(27)30/h1-4,6-13,21,28,34H,5,14-20H2/q+1. The maximum Gasteiger partial charge on any atom is 0.348 e. The molecule has 0 spiro atoms. The van der Waals surface area contributed by atoms with Gasteiger partial charge in [-0.3, -0.25) is 0 Å². The van der Waals surface area contributed by atoms with Crippen LogP contribution in [0.5, 0.6) is 17.2 Å². The highest BCUT2D eigenvalue weighted by atomic mass is 19.1. The Hall–Kier alpha value is -3.42. The summed E-state index contributed by atoms with van der Waals surface area (Å²) in [5.74, 6) is 0.953. The van der Waals surface area contributed by atoms with Crippen LogP contribution in [-0.2, 0) is 15.1 Å². The van der Waals surface area contributed by atoms with E-state index in [0.29, 0.717) is 40.9 Å². The summed E-state index contributed by atoms with van der Waals surface area (Å²) in [7, 11) is 0. The van der Waals surface area contributed by atoms with E-state index in [-0.39, 0.29) is 11.9 Å². The lowest BCUT2D eigenvalue weighted by atomic mass is 9.81. The van der Waals surface area contributed by atoms with Gasteiger partial charge in [0.05, 0.1) is 26.2 Å². The average molecular weight is 505 g/mol. The molecule has 4 aliphatic heterocycles. The van der Waals surface area contributed by atoms with Crippen molar-refractivity contribution >= 4 is 5.97 Å². The lowest BCUT2D eigenvalue weighted by molar-refractivity contribution is -0.946. The van der Waals surface area contributed by atoms with Crippen LogP contribution < -0.4 is 9.47 Å². The fraction of sp³-hybridized carbons (Fsp3) is 0.367. The number of ether oxygens (including phenoxy) is 3. The Kier molecular flexibility index (Phi) is 6.13. The number of benzene rings is 3. The molecule has 7 rings (SSSR count). The Morgan fingerprint density at radius 1 is 0.973 bits per heavy atom. The molecule has 3 aromatic rings. The number of aliphatic hydroxyl groups is 1. The van der Waals surface area contributed by atoms with E-state index in [2.05, 4.69) is 0 Å². The molecule has 4 heterocycles. The molecule has 192 valence electrons. The second-order valence-electron chi connectivity index (χ2n) is 10.4. The molecule has 2 bridgehead atoms. The van der Waals surface area contributed by atoms with Crippen molar-refractivity contribution in [2.45, 2.75) is 31.0 Å². The Labute approximate surface area is 215 Å². The molecule has 0 radical (unpaired) electrons. The van der Waals surface area contributed by atoms with Crippen LogP contribution in [0.2, 0.25) is 0 Å². The number of hydrogen-bond donors (Lipinski definition) is 1. The minimum atomic E-state index is -1.93. The van der Waals surface area contributed by atoms with Crippen molar-refractivity contribution in [3.05, 3.63) is 89.7 Å². The smallest absolute Gasteiger partial charge is 0.348 e. The first-order valence-electron chi connectivity index (χ1n) is 13.0. The van der Waals surface area contributed by atoms with Crippen molar-refractivity contribution < 1.29 is 33.0 Å². The van der Waals surface area contributed by atoms with Crippen molar-refractivity contribution in [3.63, 3.8) is 0 Å². The maximum absolute atomic E-state index is 13.8. The first kappa shape index (κ1) is 23.9. The van der Waals surface area contributed by atoms with Crippen LogP contribution in [0, 0.1) is 11.7 Å². The molecule has 0 saturated carbocycles. The van der Waals surface area contributed by atoms with E-state index < -0.39 is 11.6 Å². The van der Waals surface area contributed by atoms with Crippen LogP contribution in [0.3, 0.4) is 0 Å². The Morgan fingerprint density at radius 3 is 2.24 bits per heavy atom. The average Bonchev–Trinajstić information content (AvgIpc) is 2.93. The van der Waals surface area contributed by atoms with Crippen LogP contribution in [0.4, 0.5) is 4.39 Å². The Morgan fingerprint density at radius 2 is 1.59 bits per heavy atom. The molecule has 1 N–H and O–H groups in total. The number of esters is 1. The van der Waals surface area contributed by atoms with Gasteiger partial charge in [-0.25, -0.2) is 9.18 Å². The van der Waals surface area contributed by atoms with Crippen LogP contribution in [-0.4, -0.2) is 54.4 Å². The first-order chi connectivity index (χ1) is 18.0. The predicted molar refractivity (Wildman–Crippen MR) is 135 cm³/mol. The molecular formula is C30H31FNO5+.